The summed E-state index contributed by atoms with van der Waals surface area (Å²) in [6.45, 7) is 0. The molecule has 0 bridgehead atoms. The number of rotatable bonds is 9. The fourth-order valence-electron chi connectivity index (χ4n) is 2.31. The summed E-state index contributed by atoms with van der Waals surface area (Å²) in [4.78, 5) is 32.7. The lowest BCUT2D eigenvalue weighted by Gasteiger charge is -2.04. The Morgan fingerprint density at radius 3 is 1.72 bits per heavy atom. The Hall–Kier alpha value is -5.01. The molecule has 1 aromatic heterocycles. The minimum atomic E-state index is -0.506. The zero-order valence-corrected chi connectivity index (χ0v) is 16.4. The molecule has 0 fully saturated rings. The van der Waals surface area contributed by atoms with Crippen LogP contribution in [0.4, 0.5) is 23.3 Å². The summed E-state index contributed by atoms with van der Waals surface area (Å²) in [6, 6.07) is 11.8. The minimum absolute atomic E-state index is 0.0200. The van der Waals surface area contributed by atoms with Gasteiger partial charge in [0.05, 0.1) is 29.4 Å². The summed E-state index contributed by atoms with van der Waals surface area (Å²) in [6.07, 6.45) is 2.72. The number of non-ortho nitro benzene ring substituents is 2. The van der Waals surface area contributed by atoms with Gasteiger partial charge in [-0.1, -0.05) is 24.3 Å². The third-order valence-electron chi connectivity index (χ3n) is 3.72. The number of ether oxygens (including phenoxy) is 1. The molecule has 14 heteroatoms. The smallest absolute Gasteiger partial charge is 0.322 e. The molecule has 0 spiro atoms. The van der Waals surface area contributed by atoms with Crippen LogP contribution >= 0.6 is 0 Å². The Bertz CT molecular complexity index is 1110. The second kappa shape index (κ2) is 10.1. The number of benzene rings is 2. The van der Waals surface area contributed by atoms with Gasteiger partial charge in [-0.05, 0) is 0 Å². The minimum Gasteiger partial charge on any atom is -0.467 e. The van der Waals surface area contributed by atoms with Crippen LogP contribution in [0.25, 0.3) is 0 Å². The Morgan fingerprint density at radius 1 is 0.844 bits per heavy atom. The van der Waals surface area contributed by atoms with Gasteiger partial charge in [0.25, 0.3) is 23.3 Å². The maximum absolute atomic E-state index is 10.8. The summed E-state index contributed by atoms with van der Waals surface area (Å²) in [7, 11) is 1.36. The summed E-state index contributed by atoms with van der Waals surface area (Å²) in [5.74, 6) is 0.0400. The molecule has 0 radical (unpaired) electrons. The number of hydrogen-bond acceptors (Lipinski definition) is 12. The summed E-state index contributed by atoms with van der Waals surface area (Å²) in [5, 5.41) is 29.6. The van der Waals surface area contributed by atoms with E-state index >= 15 is 0 Å². The molecule has 2 N–H and O–H groups in total. The fourth-order valence-corrected chi connectivity index (χ4v) is 2.31. The molecule has 14 nitrogen and oxygen atoms in total. The number of hydrazone groups is 2. The number of nitro groups is 2. The molecule has 0 aliphatic rings. The SMILES string of the molecule is COc1nc(N/N=C\c2cccc([N+](=O)[O-])c2)nc(N/N=C\c2cccc([N+](=O)[O-])c2)n1. The number of nitrogens with zero attached hydrogens (tertiary/aromatic N) is 7. The van der Waals surface area contributed by atoms with Crippen LogP contribution in [0.3, 0.4) is 0 Å². The first-order valence-corrected chi connectivity index (χ1v) is 8.82. The molecular weight excluding hydrogens is 422 g/mol. The molecule has 0 unspecified atom stereocenters. The quantitative estimate of drug-likeness (QED) is 0.286. The largest absolute Gasteiger partial charge is 0.467 e. The highest BCUT2D eigenvalue weighted by Gasteiger charge is 2.07. The molecule has 2 aromatic carbocycles. The predicted molar refractivity (Wildman–Crippen MR) is 115 cm³/mol. The third kappa shape index (κ3) is 5.99. The van der Waals surface area contributed by atoms with E-state index in [1.165, 1.54) is 55.9 Å². The van der Waals surface area contributed by atoms with Crippen LogP contribution in [0.1, 0.15) is 11.1 Å². The molecule has 0 aliphatic carbocycles. The van der Waals surface area contributed by atoms with Gasteiger partial charge >= 0.3 is 6.01 Å². The summed E-state index contributed by atoms with van der Waals surface area (Å²) in [5.41, 5.74) is 6.01. The lowest BCUT2D eigenvalue weighted by molar-refractivity contribution is -0.385. The Morgan fingerprint density at radius 2 is 1.31 bits per heavy atom. The monoisotopic (exact) mass is 437 g/mol. The number of nitro benzene ring substituents is 2. The van der Waals surface area contributed by atoms with E-state index in [0.717, 1.165) is 0 Å². The molecule has 1 heterocycles. The molecule has 3 aromatic rings. The summed E-state index contributed by atoms with van der Waals surface area (Å²) < 4.78 is 5.01. The van der Waals surface area contributed by atoms with E-state index < -0.39 is 9.85 Å². The van der Waals surface area contributed by atoms with Gasteiger partial charge < -0.3 is 4.74 Å². The standard InChI is InChI=1S/C18H15N9O5/c1-32-18-22-16(24-19-10-12-4-2-6-14(8-12)26(28)29)21-17(23-18)25-20-11-13-5-3-7-15(9-13)27(30)31/h2-11H,1H3,(H2,21,22,23,24,25)/b19-10-,20-11-. The van der Waals surface area contributed by atoms with Crippen LogP contribution in [0.2, 0.25) is 0 Å². The molecule has 0 saturated heterocycles. The predicted octanol–water partition coefficient (Wildman–Crippen LogP) is 2.59. The molecule has 0 aliphatic heterocycles. The first-order valence-electron chi connectivity index (χ1n) is 8.82. The van der Waals surface area contributed by atoms with Crippen LogP contribution in [-0.2, 0) is 0 Å². The molecule has 162 valence electrons. The number of aromatic nitrogens is 3. The highest BCUT2D eigenvalue weighted by Crippen LogP contribution is 2.14. The van der Waals surface area contributed by atoms with Gasteiger partial charge in [0, 0.05) is 35.4 Å². The highest BCUT2D eigenvalue weighted by molar-refractivity contribution is 5.81. The fraction of sp³-hybridized carbons (Fsp3) is 0.0556. The zero-order valence-electron chi connectivity index (χ0n) is 16.4. The molecule has 0 atom stereocenters. The molecule has 3 rings (SSSR count). The molecule has 32 heavy (non-hydrogen) atoms. The molecule has 0 saturated carbocycles. The second-order valence-corrected chi connectivity index (χ2v) is 5.91. The van der Waals surface area contributed by atoms with Crippen LogP contribution in [-0.4, -0.2) is 44.3 Å². The number of anilines is 2. The lowest BCUT2D eigenvalue weighted by atomic mass is 10.2. The van der Waals surface area contributed by atoms with Crippen molar-refractivity contribution in [2.75, 3.05) is 18.0 Å². The highest BCUT2D eigenvalue weighted by atomic mass is 16.6. The maximum Gasteiger partial charge on any atom is 0.322 e. The lowest BCUT2D eigenvalue weighted by Crippen LogP contribution is -2.05. The van der Waals surface area contributed by atoms with Gasteiger partial charge in [0.2, 0.25) is 0 Å². The van der Waals surface area contributed by atoms with Gasteiger partial charge in [-0.2, -0.15) is 25.2 Å². The first-order chi connectivity index (χ1) is 15.4. The Balaban J connectivity index is 1.70. The van der Waals surface area contributed by atoms with E-state index in [1.54, 1.807) is 12.1 Å². The van der Waals surface area contributed by atoms with Gasteiger partial charge in [-0.25, -0.2) is 10.9 Å². The van der Waals surface area contributed by atoms with Crippen molar-refractivity contribution in [2.24, 2.45) is 10.2 Å². The normalized spacial score (nSPS) is 10.9. The van der Waals surface area contributed by atoms with E-state index in [0.29, 0.717) is 11.1 Å². The van der Waals surface area contributed by atoms with Crippen molar-refractivity contribution in [1.82, 2.24) is 15.0 Å². The van der Waals surface area contributed by atoms with E-state index in [2.05, 4.69) is 36.0 Å². The van der Waals surface area contributed by atoms with E-state index in [-0.39, 0.29) is 29.3 Å². The second-order valence-electron chi connectivity index (χ2n) is 5.91. The van der Waals surface area contributed by atoms with Crippen LogP contribution in [0.5, 0.6) is 6.01 Å². The van der Waals surface area contributed by atoms with Crippen molar-refractivity contribution in [3.8, 4) is 6.01 Å². The van der Waals surface area contributed by atoms with E-state index in [9.17, 15) is 20.2 Å². The molecule has 0 amide bonds. The van der Waals surface area contributed by atoms with Crippen molar-refractivity contribution < 1.29 is 14.6 Å². The van der Waals surface area contributed by atoms with Crippen molar-refractivity contribution in [2.45, 2.75) is 0 Å². The number of methoxy groups -OCH3 is 1. The van der Waals surface area contributed by atoms with Gasteiger partial charge in [0.1, 0.15) is 0 Å². The van der Waals surface area contributed by atoms with Gasteiger partial charge in [0.15, 0.2) is 0 Å². The van der Waals surface area contributed by atoms with Crippen molar-refractivity contribution in [3.63, 3.8) is 0 Å². The van der Waals surface area contributed by atoms with Crippen molar-refractivity contribution in [3.05, 3.63) is 79.9 Å². The van der Waals surface area contributed by atoms with Crippen LogP contribution in [0.15, 0.2) is 58.7 Å². The Kier molecular flexibility index (Phi) is 6.88. The van der Waals surface area contributed by atoms with Crippen molar-refractivity contribution >= 4 is 35.7 Å². The Labute approximate surface area is 180 Å². The zero-order chi connectivity index (χ0) is 22.9. The van der Waals surface area contributed by atoms with Crippen molar-refractivity contribution in [1.29, 1.82) is 0 Å². The number of hydrogen-bond donors (Lipinski definition) is 2. The van der Waals surface area contributed by atoms with Gasteiger partial charge in [-0.3, -0.25) is 20.2 Å². The average Bonchev–Trinajstić information content (AvgIpc) is 2.79. The maximum atomic E-state index is 10.8. The van der Waals surface area contributed by atoms with Crippen LogP contribution < -0.4 is 15.6 Å². The topological polar surface area (TPSA) is 183 Å². The summed E-state index contributed by atoms with van der Waals surface area (Å²) >= 11 is 0. The molecular formula is C18H15N9O5. The van der Waals surface area contributed by atoms with Gasteiger partial charge in [-0.15, -0.1) is 0 Å². The van der Waals surface area contributed by atoms with E-state index in [1.807, 2.05) is 0 Å². The van der Waals surface area contributed by atoms with Crippen LogP contribution in [0, 0.1) is 20.2 Å². The average molecular weight is 437 g/mol. The van der Waals surface area contributed by atoms with E-state index in [4.69, 9.17) is 4.74 Å². The first kappa shape index (κ1) is 21.7. The third-order valence-corrected chi connectivity index (χ3v) is 3.72. The number of nitrogens with one attached hydrogen (secondary N) is 2.